The van der Waals surface area contributed by atoms with Crippen LogP contribution in [0.15, 0.2) is 30.3 Å². The van der Waals surface area contributed by atoms with E-state index in [1.165, 1.54) is 17.0 Å². The van der Waals surface area contributed by atoms with Gasteiger partial charge in [-0.3, -0.25) is 9.59 Å². The van der Waals surface area contributed by atoms with Crippen molar-refractivity contribution in [2.24, 2.45) is 0 Å². The van der Waals surface area contributed by atoms with Crippen molar-refractivity contribution in [2.75, 3.05) is 19.8 Å². The lowest BCUT2D eigenvalue weighted by Gasteiger charge is -2.33. The van der Waals surface area contributed by atoms with Gasteiger partial charge in [0.05, 0.1) is 0 Å². The maximum atomic E-state index is 12.8. The number of aliphatic carboxylic acids is 1. The Balaban J connectivity index is 1.96. The van der Waals surface area contributed by atoms with Crippen molar-refractivity contribution in [3.63, 3.8) is 0 Å². The van der Waals surface area contributed by atoms with Crippen LogP contribution in [0.1, 0.15) is 24.8 Å². The van der Waals surface area contributed by atoms with Gasteiger partial charge in [0.1, 0.15) is 12.4 Å². The maximum Gasteiger partial charge on any atom is 0.323 e. The van der Waals surface area contributed by atoms with Gasteiger partial charge in [-0.15, -0.1) is 0 Å². The molecule has 0 atom stereocenters. The third kappa shape index (κ3) is 5.49. The molecule has 0 aromatic heterocycles. The fourth-order valence-corrected chi connectivity index (χ4v) is 2.55. The van der Waals surface area contributed by atoms with E-state index in [1.807, 2.05) is 0 Å². The molecule has 23 heavy (non-hydrogen) atoms. The molecule has 0 aliphatic carbocycles. The van der Waals surface area contributed by atoms with Crippen molar-refractivity contribution in [1.29, 1.82) is 0 Å². The number of carboxylic acids is 1. The Bertz CT molecular complexity index is 564. The number of hydrogen-bond donors (Lipinski definition) is 1. The molecule has 0 spiro atoms. The minimum absolute atomic E-state index is 0.0911. The summed E-state index contributed by atoms with van der Waals surface area (Å²) in [5.74, 6) is -1.56. The topological polar surface area (TPSA) is 66.8 Å². The molecule has 124 valence electrons. The Labute approximate surface area is 134 Å². The SMILES string of the molecule is O=C(O)CN(C(=O)CC=Cc1ccc(F)cc1)C1CCOCC1. The molecule has 5 nitrogen and oxygen atoms in total. The first-order valence-electron chi connectivity index (χ1n) is 7.57. The lowest BCUT2D eigenvalue weighted by Crippen LogP contribution is -2.45. The molecule has 1 saturated heterocycles. The van der Waals surface area contributed by atoms with Crippen LogP contribution in [0.3, 0.4) is 0 Å². The van der Waals surface area contributed by atoms with Gasteiger partial charge in [-0.2, -0.15) is 0 Å². The van der Waals surface area contributed by atoms with Gasteiger partial charge in [0.25, 0.3) is 0 Å². The Morgan fingerprint density at radius 1 is 1.26 bits per heavy atom. The third-order valence-electron chi connectivity index (χ3n) is 3.73. The van der Waals surface area contributed by atoms with E-state index in [0.29, 0.717) is 26.1 Å². The van der Waals surface area contributed by atoms with E-state index in [0.717, 1.165) is 5.56 Å². The minimum Gasteiger partial charge on any atom is -0.480 e. The molecule has 1 aliphatic heterocycles. The summed E-state index contributed by atoms with van der Waals surface area (Å²) in [4.78, 5) is 24.8. The number of halogens is 1. The number of carboxylic acid groups (broad SMARTS) is 1. The summed E-state index contributed by atoms with van der Waals surface area (Å²) in [6, 6.07) is 5.83. The van der Waals surface area contributed by atoms with Crippen molar-refractivity contribution in [3.05, 3.63) is 41.7 Å². The number of ether oxygens (including phenoxy) is 1. The van der Waals surface area contributed by atoms with Gasteiger partial charge in [-0.05, 0) is 30.5 Å². The first-order chi connectivity index (χ1) is 11.1. The summed E-state index contributed by atoms with van der Waals surface area (Å²) in [6.45, 7) is 0.785. The van der Waals surface area contributed by atoms with Crippen molar-refractivity contribution in [1.82, 2.24) is 4.90 Å². The fourth-order valence-electron chi connectivity index (χ4n) is 2.55. The van der Waals surface area contributed by atoms with E-state index in [-0.39, 0.29) is 30.7 Å². The van der Waals surface area contributed by atoms with E-state index in [2.05, 4.69) is 0 Å². The van der Waals surface area contributed by atoms with Crippen LogP contribution < -0.4 is 0 Å². The summed E-state index contributed by atoms with van der Waals surface area (Å²) in [5, 5.41) is 9.01. The molecule has 1 amide bonds. The average Bonchev–Trinajstić information content (AvgIpc) is 2.55. The maximum absolute atomic E-state index is 12.8. The van der Waals surface area contributed by atoms with Crippen molar-refractivity contribution >= 4 is 18.0 Å². The number of nitrogens with zero attached hydrogens (tertiary/aromatic N) is 1. The molecule has 0 unspecified atom stereocenters. The van der Waals surface area contributed by atoms with Crippen LogP contribution in [0.4, 0.5) is 4.39 Å². The average molecular weight is 321 g/mol. The molecule has 2 rings (SSSR count). The van der Waals surface area contributed by atoms with E-state index in [9.17, 15) is 14.0 Å². The van der Waals surface area contributed by atoms with Crippen LogP contribution >= 0.6 is 0 Å². The number of amides is 1. The molecule has 0 radical (unpaired) electrons. The molecular weight excluding hydrogens is 301 g/mol. The minimum atomic E-state index is -1.02. The van der Waals surface area contributed by atoms with Crippen LogP contribution in [0.2, 0.25) is 0 Å². The Hall–Kier alpha value is -2.21. The summed E-state index contributed by atoms with van der Waals surface area (Å²) < 4.78 is 18.1. The van der Waals surface area contributed by atoms with Gasteiger partial charge in [0, 0.05) is 25.7 Å². The highest BCUT2D eigenvalue weighted by Crippen LogP contribution is 2.16. The van der Waals surface area contributed by atoms with Crippen LogP contribution in [-0.4, -0.2) is 47.7 Å². The van der Waals surface area contributed by atoms with Gasteiger partial charge in [-0.1, -0.05) is 24.3 Å². The molecule has 1 aromatic carbocycles. The number of benzene rings is 1. The highest BCUT2D eigenvalue weighted by molar-refractivity contribution is 5.83. The molecule has 1 N–H and O–H groups in total. The summed E-state index contributed by atoms with van der Waals surface area (Å²) >= 11 is 0. The predicted molar refractivity (Wildman–Crippen MR) is 83.2 cm³/mol. The normalized spacial score (nSPS) is 15.7. The van der Waals surface area contributed by atoms with Crippen LogP contribution in [0.5, 0.6) is 0 Å². The molecule has 1 fully saturated rings. The fraction of sp³-hybridized carbons (Fsp3) is 0.412. The van der Waals surface area contributed by atoms with Gasteiger partial charge in [0.2, 0.25) is 5.91 Å². The summed E-state index contributed by atoms with van der Waals surface area (Å²) in [6.07, 6.45) is 4.81. The quantitative estimate of drug-likeness (QED) is 0.873. The number of hydrogen-bond acceptors (Lipinski definition) is 3. The largest absolute Gasteiger partial charge is 0.480 e. The second-order valence-electron chi connectivity index (χ2n) is 5.42. The second kappa shape index (κ2) is 8.43. The number of carbonyl (C=O) groups excluding carboxylic acids is 1. The monoisotopic (exact) mass is 321 g/mol. The van der Waals surface area contributed by atoms with Gasteiger partial charge in [-0.25, -0.2) is 4.39 Å². The second-order valence-corrected chi connectivity index (χ2v) is 5.42. The third-order valence-corrected chi connectivity index (χ3v) is 3.73. The first-order valence-corrected chi connectivity index (χ1v) is 7.57. The number of rotatable bonds is 6. The molecule has 1 aliphatic rings. The van der Waals surface area contributed by atoms with E-state index in [1.54, 1.807) is 24.3 Å². The van der Waals surface area contributed by atoms with Crippen LogP contribution in [0.25, 0.3) is 6.08 Å². The van der Waals surface area contributed by atoms with Gasteiger partial charge >= 0.3 is 5.97 Å². The predicted octanol–water partition coefficient (Wildman–Crippen LogP) is 2.32. The molecule has 6 heteroatoms. The summed E-state index contributed by atoms with van der Waals surface area (Å²) in [7, 11) is 0. The highest BCUT2D eigenvalue weighted by Gasteiger charge is 2.26. The first kappa shape index (κ1) is 17.1. The molecular formula is C17H20FNO4. The van der Waals surface area contributed by atoms with Crippen molar-refractivity contribution < 1.29 is 23.8 Å². The molecule has 0 saturated carbocycles. The molecule has 1 aromatic rings. The van der Waals surface area contributed by atoms with Crippen molar-refractivity contribution in [2.45, 2.75) is 25.3 Å². The smallest absolute Gasteiger partial charge is 0.323 e. The standard InChI is InChI=1S/C17H20FNO4/c18-14-6-4-13(5-7-14)2-1-3-16(20)19(12-17(21)22)15-8-10-23-11-9-15/h1-2,4-7,15H,3,8-12H2,(H,21,22). The zero-order valence-electron chi connectivity index (χ0n) is 12.8. The lowest BCUT2D eigenvalue weighted by atomic mass is 10.1. The van der Waals surface area contributed by atoms with E-state index >= 15 is 0 Å². The Morgan fingerprint density at radius 2 is 1.91 bits per heavy atom. The van der Waals surface area contributed by atoms with Crippen LogP contribution in [-0.2, 0) is 14.3 Å². The zero-order valence-corrected chi connectivity index (χ0v) is 12.8. The summed E-state index contributed by atoms with van der Waals surface area (Å²) in [5.41, 5.74) is 0.787. The van der Waals surface area contributed by atoms with Crippen molar-refractivity contribution in [3.8, 4) is 0 Å². The van der Waals surface area contributed by atoms with Gasteiger partial charge < -0.3 is 14.7 Å². The van der Waals surface area contributed by atoms with E-state index < -0.39 is 5.97 Å². The van der Waals surface area contributed by atoms with E-state index in [4.69, 9.17) is 9.84 Å². The van der Waals surface area contributed by atoms with Crippen LogP contribution in [0, 0.1) is 5.82 Å². The van der Waals surface area contributed by atoms with Gasteiger partial charge in [0.15, 0.2) is 0 Å². The Morgan fingerprint density at radius 3 is 2.52 bits per heavy atom. The molecule has 0 bridgehead atoms. The highest BCUT2D eigenvalue weighted by atomic mass is 19.1. The molecule has 1 heterocycles. The zero-order chi connectivity index (χ0) is 16.7. The Kier molecular flexibility index (Phi) is 6.29. The lowest BCUT2D eigenvalue weighted by molar-refractivity contribution is -0.147. The number of carbonyl (C=O) groups is 2.